The Kier molecular flexibility index (Phi) is 3.49. The zero-order valence-corrected chi connectivity index (χ0v) is 8.93. The molecule has 0 bridgehead atoms. The van der Waals surface area contributed by atoms with Crippen LogP contribution in [0.5, 0.6) is 11.5 Å². The van der Waals surface area contributed by atoms with E-state index in [1.165, 1.54) is 24.3 Å². The van der Waals surface area contributed by atoms with Crippen molar-refractivity contribution in [1.29, 1.82) is 0 Å². The van der Waals surface area contributed by atoms with Crippen LogP contribution < -0.4 is 4.74 Å². The summed E-state index contributed by atoms with van der Waals surface area (Å²) in [6, 6.07) is 5.86. The normalized spacial score (nSPS) is 32.6. The first-order valence-electron chi connectivity index (χ1n) is 5.20. The molecule has 2 rings (SSSR count). The van der Waals surface area contributed by atoms with Gasteiger partial charge in [0.2, 0.25) is 6.29 Å². The van der Waals surface area contributed by atoms with Gasteiger partial charge in [-0.1, -0.05) is 0 Å². The van der Waals surface area contributed by atoms with Crippen LogP contribution in [0.4, 0.5) is 0 Å². The van der Waals surface area contributed by atoms with Gasteiger partial charge in [-0.2, -0.15) is 0 Å². The summed E-state index contributed by atoms with van der Waals surface area (Å²) in [5.74, 6) is 0.483. The van der Waals surface area contributed by atoms with Crippen molar-refractivity contribution >= 4 is 0 Å². The van der Waals surface area contributed by atoms with E-state index in [-0.39, 0.29) is 5.75 Å². The first-order valence-corrected chi connectivity index (χ1v) is 5.20. The van der Waals surface area contributed by atoms with Crippen molar-refractivity contribution < 1.29 is 29.9 Å². The van der Waals surface area contributed by atoms with Gasteiger partial charge in [0.1, 0.15) is 29.8 Å². The lowest BCUT2D eigenvalue weighted by atomic mass is 10.1. The van der Waals surface area contributed by atoms with Crippen LogP contribution >= 0.6 is 0 Å². The Hall–Kier alpha value is -1.34. The maximum atomic E-state index is 9.61. The highest BCUT2D eigenvalue weighted by atomic mass is 16.7. The highest BCUT2D eigenvalue weighted by molar-refractivity contribution is 5.30. The zero-order chi connectivity index (χ0) is 12.4. The lowest BCUT2D eigenvalue weighted by Crippen LogP contribution is -2.35. The van der Waals surface area contributed by atoms with Crippen molar-refractivity contribution in [3.63, 3.8) is 0 Å². The summed E-state index contributed by atoms with van der Waals surface area (Å²) >= 11 is 0. The number of phenolic OH excluding ortho intramolecular Hbond substituents is 1. The number of rotatable bonds is 3. The molecule has 94 valence electrons. The summed E-state index contributed by atoms with van der Waals surface area (Å²) in [4.78, 5) is 0. The molecule has 0 amide bonds. The van der Waals surface area contributed by atoms with Crippen molar-refractivity contribution in [2.24, 2.45) is 0 Å². The summed E-state index contributed by atoms with van der Waals surface area (Å²) in [5.41, 5.74) is 0. The quantitative estimate of drug-likeness (QED) is 0.554. The standard InChI is InChI=1S/C11H14O6/c12-5-8-9(14)10(15)11(17-8)16-7-3-1-6(13)2-4-7/h1-4,8-15H,5H2/t8-,9-,10-,11+/m0/s1. The molecule has 17 heavy (non-hydrogen) atoms. The fraction of sp³-hybridized carbons (Fsp3) is 0.455. The van der Waals surface area contributed by atoms with Gasteiger partial charge < -0.3 is 29.9 Å². The summed E-state index contributed by atoms with van der Waals surface area (Å²) in [7, 11) is 0. The first kappa shape index (κ1) is 12.1. The molecule has 0 saturated carbocycles. The van der Waals surface area contributed by atoms with Gasteiger partial charge in [-0.25, -0.2) is 0 Å². The van der Waals surface area contributed by atoms with Crippen LogP contribution in [0.2, 0.25) is 0 Å². The van der Waals surface area contributed by atoms with Gasteiger partial charge in [0, 0.05) is 0 Å². The Bertz CT molecular complexity index is 365. The van der Waals surface area contributed by atoms with Gasteiger partial charge in [0.25, 0.3) is 0 Å². The van der Waals surface area contributed by atoms with Gasteiger partial charge in [0.15, 0.2) is 0 Å². The molecule has 0 aliphatic carbocycles. The molecule has 4 atom stereocenters. The molecule has 1 heterocycles. The van der Waals surface area contributed by atoms with Crippen molar-refractivity contribution in [2.75, 3.05) is 6.61 Å². The van der Waals surface area contributed by atoms with Gasteiger partial charge >= 0.3 is 0 Å². The summed E-state index contributed by atoms with van der Waals surface area (Å²) in [6.07, 6.45) is -4.29. The molecule has 0 radical (unpaired) electrons. The van der Waals surface area contributed by atoms with E-state index in [1.54, 1.807) is 0 Å². The molecule has 6 heteroatoms. The maximum Gasteiger partial charge on any atom is 0.229 e. The summed E-state index contributed by atoms with van der Waals surface area (Å²) in [6.45, 7) is -0.395. The van der Waals surface area contributed by atoms with E-state index in [2.05, 4.69) is 0 Å². The van der Waals surface area contributed by atoms with Gasteiger partial charge in [-0.05, 0) is 24.3 Å². The number of ether oxygens (including phenoxy) is 2. The third-order valence-electron chi connectivity index (χ3n) is 2.59. The molecule has 1 aromatic carbocycles. The molecule has 1 aromatic rings. The number of hydrogen-bond acceptors (Lipinski definition) is 6. The van der Waals surface area contributed by atoms with Crippen molar-refractivity contribution in [3.8, 4) is 11.5 Å². The molecular weight excluding hydrogens is 228 g/mol. The predicted molar refractivity (Wildman–Crippen MR) is 56.5 cm³/mol. The largest absolute Gasteiger partial charge is 0.508 e. The fourth-order valence-corrected chi connectivity index (χ4v) is 1.62. The number of aliphatic hydroxyl groups is 3. The topological polar surface area (TPSA) is 99.4 Å². The molecule has 1 fully saturated rings. The van der Waals surface area contributed by atoms with E-state index in [9.17, 15) is 10.2 Å². The average molecular weight is 242 g/mol. The van der Waals surface area contributed by atoms with E-state index < -0.39 is 31.2 Å². The molecule has 6 nitrogen and oxygen atoms in total. The van der Waals surface area contributed by atoms with Crippen LogP contribution in [0, 0.1) is 0 Å². The second-order valence-electron chi connectivity index (χ2n) is 3.82. The highest BCUT2D eigenvalue weighted by Crippen LogP contribution is 2.25. The molecule has 4 N–H and O–H groups in total. The SMILES string of the molecule is OC[C@@H]1O[C@@H](Oc2ccc(O)cc2)[C@@H](O)[C@H]1O. The Balaban J connectivity index is 2.02. The number of aliphatic hydroxyl groups excluding tert-OH is 3. The van der Waals surface area contributed by atoms with Crippen molar-refractivity contribution in [2.45, 2.75) is 24.6 Å². The van der Waals surface area contributed by atoms with Gasteiger partial charge in [-0.3, -0.25) is 0 Å². The number of phenols is 1. The maximum absolute atomic E-state index is 9.61. The first-order chi connectivity index (χ1) is 8.11. The number of benzene rings is 1. The minimum Gasteiger partial charge on any atom is -0.508 e. The third kappa shape index (κ3) is 2.50. The lowest BCUT2D eigenvalue weighted by Gasteiger charge is -2.16. The molecule has 1 saturated heterocycles. The van der Waals surface area contributed by atoms with Crippen molar-refractivity contribution in [3.05, 3.63) is 24.3 Å². The van der Waals surface area contributed by atoms with Crippen LogP contribution in [0.3, 0.4) is 0 Å². The van der Waals surface area contributed by atoms with E-state index in [1.807, 2.05) is 0 Å². The van der Waals surface area contributed by atoms with Crippen LogP contribution in [-0.4, -0.2) is 51.6 Å². The Morgan fingerprint density at radius 3 is 2.29 bits per heavy atom. The molecular formula is C11H14O6. The Morgan fingerprint density at radius 2 is 1.76 bits per heavy atom. The minimum atomic E-state index is -1.22. The number of hydrogen-bond donors (Lipinski definition) is 4. The predicted octanol–water partition coefficient (Wildman–Crippen LogP) is -0.790. The van der Waals surface area contributed by atoms with E-state index in [0.29, 0.717) is 5.75 Å². The third-order valence-corrected chi connectivity index (χ3v) is 2.59. The second-order valence-corrected chi connectivity index (χ2v) is 3.82. The molecule has 0 spiro atoms. The van der Waals surface area contributed by atoms with Gasteiger partial charge in [0.05, 0.1) is 6.61 Å². The van der Waals surface area contributed by atoms with Crippen LogP contribution in [0.25, 0.3) is 0 Å². The summed E-state index contributed by atoms with van der Waals surface area (Å²) in [5, 5.41) is 37.1. The molecule has 1 aliphatic heterocycles. The molecule has 0 aromatic heterocycles. The Labute approximate surface area is 97.7 Å². The zero-order valence-electron chi connectivity index (χ0n) is 8.93. The fourth-order valence-electron chi connectivity index (χ4n) is 1.62. The monoisotopic (exact) mass is 242 g/mol. The van der Waals surface area contributed by atoms with Crippen LogP contribution in [-0.2, 0) is 4.74 Å². The van der Waals surface area contributed by atoms with Crippen molar-refractivity contribution in [1.82, 2.24) is 0 Å². The molecule has 1 aliphatic rings. The molecule has 0 unspecified atom stereocenters. The van der Waals surface area contributed by atoms with E-state index in [4.69, 9.17) is 19.7 Å². The van der Waals surface area contributed by atoms with Gasteiger partial charge in [-0.15, -0.1) is 0 Å². The highest BCUT2D eigenvalue weighted by Gasteiger charge is 2.43. The van der Waals surface area contributed by atoms with Crippen LogP contribution in [0.1, 0.15) is 0 Å². The average Bonchev–Trinajstić information content (AvgIpc) is 2.60. The van der Waals surface area contributed by atoms with E-state index >= 15 is 0 Å². The summed E-state index contributed by atoms with van der Waals surface area (Å²) < 4.78 is 10.4. The number of aromatic hydroxyl groups is 1. The van der Waals surface area contributed by atoms with Crippen LogP contribution in [0.15, 0.2) is 24.3 Å². The second kappa shape index (κ2) is 4.89. The smallest absolute Gasteiger partial charge is 0.229 e. The lowest BCUT2D eigenvalue weighted by molar-refractivity contribution is -0.116. The van der Waals surface area contributed by atoms with E-state index in [0.717, 1.165) is 0 Å². The minimum absolute atomic E-state index is 0.0958. The Morgan fingerprint density at radius 1 is 1.12 bits per heavy atom.